The number of halogens is 1. The second-order valence-electron chi connectivity index (χ2n) is 6.53. The predicted octanol–water partition coefficient (Wildman–Crippen LogP) is 4.89. The molecule has 0 saturated carbocycles. The first-order chi connectivity index (χ1) is 9.52. The van der Waals surface area contributed by atoms with E-state index in [1.165, 1.54) is 51.4 Å². The van der Waals surface area contributed by atoms with Crippen LogP contribution in [0.1, 0.15) is 78.6 Å². The van der Waals surface area contributed by atoms with Crippen LogP contribution < -0.4 is 5.32 Å². The molecule has 0 rings (SSSR count). The van der Waals surface area contributed by atoms with Crippen molar-refractivity contribution in [1.82, 2.24) is 5.32 Å². The fourth-order valence-corrected chi connectivity index (χ4v) is 2.89. The number of alkyl halides is 1. The molecule has 0 fully saturated rings. The molecule has 0 saturated heterocycles. The zero-order valence-corrected chi connectivity index (χ0v) is 15.4. The molecule has 0 aliphatic rings. The molecule has 0 aliphatic heterocycles. The second kappa shape index (κ2) is 14.3. The topological polar surface area (TPSA) is 32.3 Å². The summed E-state index contributed by atoms with van der Waals surface area (Å²) in [5.41, 5.74) is 0. The van der Waals surface area contributed by atoms with Crippen LogP contribution in [-0.2, 0) is 0 Å². The average Bonchev–Trinajstić information content (AvgIpc) is 2.37. The van der Waals surface area contributed by atoms with E-state index in [2.05, 4.69) is 35.1 Å². The van der Waals surface area contributed by atoms with Gasteiger partial charge in [0.05, 0.1) is 6.10 Å². The van der Waals surface area contributed by atoms with E-state index in [4.69, 9.17) is 5.11 Å². The third-order valence-electron chi connectivity index (χ3n) is 3.62. The Morgan fingerprint density at radius 3 is 1.95 bits per heavy atom. The second-order valence-corrected chi connectivity index (χ2v) is 7.83. The van der Waals surface area contributed by atoms with Crippen molar-refractivity contribution in [3.63, 3.8) is 0 Å². The van der Waals surface area contributed by atoms with Crippen LogP contribution in [0.25, 0.3) is 0 Å². The Bertz CT molecular complexity index is 197. The van der Waals surface area contributed by atoms with Crippen LogP contribution in [0.4, 0.5) is 0 Å². The van der Waals surface area contributed by atoms with Gasteiger partial charge in [0.15, 0.2) is 0 Å². The highest BCUT2D eigenvalue weighted by Crippen LogP contribution is 2.16. The van der Waals surface area contributed by atoms with Gasteiger partial charge in [-0.25, -0.2) is 0 Å². The van der Waals surface area contributed by atoms with Crippen molar-refractivity contribution < 1.29 is 5.11 Å². The summed E-state index contributed by atoms with van der Waals surface area (Å²) >= 11 is 3.75. The molecule has 2 nitrogen and oxygen atoms in total. The Morgan fingerprint density at radius 1 is 0.850 bits per heavy atom. The zero-order valence-electron chi connectivity index (χ0n) is 13.8. The van der Waals surface area contributed by atoms with Crippen LogP contribution in [0, 0.1) is 5.92 Å². The molecule has 0 spiro atoms. The number of hydrogen-bond acceptors (Lipinski definition) is 2. The predicted molar refractivity (Wildman–Crippen MR) is 93.7 cm³/mol. The van der Waals surface area contributed by atoms with E-state index in [0.29, 0.717) is 11.4 Å². The first-order valence-electron chi connectivity index (χ1n) is 8.55. The van der Waals surface area contributed by atoms with Gasteiger partial charge in [-0.3, -0.25) is 0 Å². The molecule has 20 heavy (non-hydrogen) atoms. The molecule has 2 N–H and O–H groups in total. The maximum Gasteiger partial charge on any atom is 0.0636 e. The van der Waals surface area contributed by atoms with Crippen molar-refractivity contribution in [2.24, 2.45) is 5.92 Å². The monoisotopic (exact) mass is 349 g/mol. The van der Waals surface area contributed by atoms with Gasteiger partial charge in [-0.2, -0.15) is 0 Å². The number of aliphatic hydroxyl groups is 1. The molecular formula is C17H36BrNO. The largest absolute Gasteiger partial charge is 0.392 e. The zero-order chi connectivity index (χ0) is 15.2. The molecule has 2 atom stereocenters. The third kappa shape index (κ3) is 16.5. The van der Waals surface area contributed by atoms with Crippen molar-refractivity contribution in [3.8, 4) is 0 Å². The van der Waals surface area contributed by atoms with E-state index in [9.17, 15) is 0 Å². The Balaban J connectivity index is 3.17. The van der Waals surface area contributed by atoms with Crippen LogP contribution >= 0.6 is 15.9 Å². The van der Waals surface area contributed by atoms with E-state index < -0.39 is 0 Å². The Kier molecular flexibility index (Phi) is 14.6. The summed E-state index contributed by atoms with van der Waals surface area (Å²) in [4.78, 5) is 0.630. The molecule has 0 aromatic rings. The molecule has 3 heteroatoms. The Hall–Kier alpha value is 0.400. The smallest absolute Gasteiger partial charge is 0.0636 e. The molecule has 0 radical (unpaired) electrons. The molecule has 0 heterocycles. The lowest BCUT2D eigenvalue weighted by Crippen LogP contribution is -2.26. The number of rotatable bonds is 14. The van der Waals surface area contributed by atoms with Gasteiger partial charge in [0.25, 0.3) is 0 Å². The van der Waals surface area contributed by atoms with Gasteiger partial charge in [0.2, 0.25) is 0 Å². The SMILES string of the molecule is CC(C)CCCCCCCCC(Br)CCNCC(C)O. The summed E-state index contributed by atoms with van der Waals surface area (Å²) in [5.74, 6) is 0.867. The minimum Gasteiger partial charge on any atom is -0.392 e. The third-order valence-corrected chi connectivity index (χ3v) is 4.54. The summed E-state index contributed by atoms with van der Waals surface area (Å²) in [6.45, 7) is 8.14. The highest BCUT2D eigenvalue weighted by molar-refractivity contribution is 9.09. The summed E-state index contributed by atoms with van der Waals surface area (Å²) in [6.07, 6.45) is 12.0. The summed E-state index contributed by atoms with van der Waals surface area (Å²) in [5, 5.41) is 12.4. The van der Waals surface area contributed by atoms with Crippen LogP contribution in [0.2, 0.25) is 0 Å². The highest BCUT2D eigenvalue weighted by Gasteiger charge is 2.04. The number of aliphatic hydroxyl groups excluding tert-OH is 1. The Labute approximate surface area is 135 Å². The molecule has 122 valence electrons. The minimum absolute atomic E-state index is 0.237. The lowest BCUT2D eigenvalue weighted by atomic mass is 10.0. The fraction of sp³-hybridized carbons (Fsp3) is 1.00. The molecule has 0 aliphatic carbocycles. The van der Waals surface area contributed by atoms with Gasteiger partial charge in [-0.1, -0.05) is 74.7 Å². The quantitative estimate of drug-likeness (QED) is 0.345. The fourth-order valence-electron chi connectivity index (χ4n) is 2.34. The van der Waals surface area contributed by atoms with Crippen molar-refractivity contribution in [1.29, 1.82) is 0 Å². The number of hydrogen-bond donors (Lipinski definition) is 2. The Morgan fingerprint density at radius 2 is 1.40 bits per heavy atom. The van der Waals surface area contributed by atoms with Crippen LogP contribution in [0.3, 0.4) is 0 Å². The van der Waals surface area contributed by atoms with E-state index in [0.717, 1.165) is 18.9 Å². The molecule has 2 unspecified atom stereocenters. The highest BCUT2D eigenvalue weighted by atomic mass is 79.9. The normalized spacial score (nSPS) is 14.7. The van der Waals surface area contributed by atoms with Crippen LogP contribution in [0.15, 0.2) is 0 Å². The minimum atomic E-state index is -0.237. The van der Waals surface area contributed by atoms with E-state index >= 15 is 0 Å². The summed E-state index contributed by atoms with van der Waals surface area (Å²) in [6, 6.07) is 0. The van der Waals surface area contributed by atoms with E-state index in [1.54, 1.807) is 0 Å². The van der Waals surface area contributed by atoms with Crippen LogP contribution in [0.5, 0.6) is 0 Å². The molecule has 0 aromatic carbocycles. The van der Waals surface area contributed by atoms with Crippen molar-refractivity contribution in [2.45, 2.75) is 89.5 Å². The maximum atomic E-state index is 9.14. The van der Waals surface area contributed by atoms with Crippen molar-refractivity contribution >= 4 is 15.9 Å². The van der Waals surface area contributed by atoms with Crippen LogP contribution in [-0.4, -0.2) is 29.1 Å². The first kappa shape index (κ1) is 20.4. The van der Waals surface area contributed by atoms with E-state index in [1.807, 2.05) is 6.92 Å². The summed E-state index contributed by atoms with van der Waals surface area (Å²) in [7, 11) is 0. The lowest BCUT2D eigenvalue weighted by Gasteiger charge is -2.11. The molecule has 0 aromatic heterocycles. The van der Waals surface area contributed by atoms with Gasteiger partial charge >= 0.3 is 0 Å². The van der Waals surface area contributed by atoms with Gasteiger partial charge < -0.3 is 10.4 Å². The van der Waals surface area contributed by atoms with Crippen molar-refractivity contribution in [3.05, 3.63) is 0 Å². The number of nitrogens with one attached hydrogen (secondary N) is 1. The lowest BCUT2D eigenvalue weighted by molar-refractivity contribution is 0.191. The standard InChI is InChI=1S/C17H36BrNO/c1-15(2)10-8-6-4-5-7-9-11-17(18)12-13-19-14-16(3)20/h15-17,19-20H,4-14H2,1-3H3. The molecular weight excluding hydrogens is 314 g/mol. The summed E-state index contributed by atoms with van der Waals surface area (Å²) < 4.78 is 0. The molecule has 0 amide bonds. The number of unbranched alkanes of at least 4 members (excludes halogenated alkanes) is 5. The van der Waals surface area contributed by atoms with Crippen molar-refractivity contribution in [2.75, 3.05) is 13.1 Å². The maximum absolute atomic E-state index is 9.14. The van der Waals surface area contributed by atoms with Gasteiger partial charge in [-0.05, 0) is 32.2 Å². The average molecular weight is 350 g/mol. The van der Waals surface area contributed by atoms with Gasteiger partial charge in [0.1, 0.15) is 0 Å². The molecule has 0 bridgehead atoms. The first-order valence-corrected chi connectivity index (χ1v) is 9.46. The van der Waals surface area contributed by atoms with E-state index in [-0.39, 0.29) is 6.10 Å². The van der Waals surface area contributed by atoms with Gasteiger partial charge in [-0.15, -0.1) is 0 Å². The van der Waals surface area contributed by atoms with Gasteiger partial charge in [0, 0.05) is 11.4 Å².